The third kappa shape index (κ3) is 2.94. The van der Waals surface area contributed by atoms with E-state index in [2.05, 4.69) is 15.0 Å². The minimum atomic E-state index is -1.02. The van der Waals surface area contributed by atoms with E-state index in [4.69, 9.17) is 9.47 Å². The number of benzene rings is 2. The molecule has 0 unspecified atom stereocenters. The van der Waals surface area contributed by atoms with Crippen LogP contribution in [0, 0.1) is 11.6 Å². The Hall–Kier alpha value is -3.79. The molecule has 10 heteroatoms. The highest BCUT2D eigenvalue weighted by atomic mass is 19.1. The van der Waals surface area contributed by atoms with Crippen molar-refractivity contribution in [3.63, 3.8) is 0 Å². The van der Waals surface area contributed by atoms with Crippen molar-refractivity contribution < 1.29 is 28.5 Å². The van der Waals surface area contributed by atoms with Crippen LogP contribution in [0.25, 0.3) is 33.8 Å². The quantitative estimate of drug-likeness (QED) is 0.468. The van der Waals surface area contributed by atoms with Crippen LogP contribution in [-0.4, -0.2) is 50.1 Å². The van der Waals surface area contributed by atoms with E-state index >= 15 is 4.39 Å². The summed E-state index contributed by atoms with van der Waals surface area (Å²) in [4.78, 5) is 12.7. The Bertz CT molecular complexity index is 1350. The van der Waals surface area contributed by atoms with Crippen LogP contribution in [0.3, 0.4) is 0 Å². The Morgan fingerprint density at radius 3 is 2.44 bits per heavy atom. The molecule has 0 atom stereocenters. The van der Waals surface area contributed by atoms with Crippen molar-refractivity contribution in [2.45, 2.75) is 12.5 Å². The Labute approximate surface area is 180 Å². The van der Waals surface area contributed by atoms with Crippen LogP contribution in [-0.2, 0) is 10.3 Å². The number of aromatic nitrogens is 4. The molecule has 1 saturated heterocycles. The SMILES string of the molecule is COc1cc(-c2nc3ccc(-c4ncc(F)cn4)cc3n2C2(C)COC2)c(F)c(O)c1O. The van der Waals surface area contributed by atoms with Gasteiger partial charge in [0.1, 0.15) is 5.82 Å². The number of aromatic hydroxyl groups is 2. The smallest absolute Gasteiger partial charge is 0.203 e. The highest BCUT2D eigenvalue weighted by molar-refractivity contribution is 5.86. The Morgan fingerprint density at radius 2 is 1.81 bits per heavy atom. The summed E-state index contributed by atoms with van der Waals surface area (Å²) in [6.45, 7) is 2.68. The summed E-state index contributed by atoms with van der Waals surface area (Å²) in [6.07, 6.45) is 2.16. The van der Waals surface area contributed by atoms with E-state index in [1.807, 2.05) is 11.5 Å². The molecule has 0 radical (unpaired) electrons. The number of imidazole rings is 1. The first-order valence-corrected chi connectivity index (χ1v) is 9.70. The fraction of sp³-hybridized carbons (Fsp3) is 0.227. The number of nitrogens with zero attached hydrogens (tertiary/aromatic N) is 4. The van der Waals surface area contributed by atoms with Crippen LogP contribution in [0.4, 0.5) is 8.78 Å². The van der Waals surface area contributed by atoms with Crippen molar-refractivity contribution in [2.24, 2.45) is 0 Å². The van der Waals surface area contributed by atoms with Crippen molar-refractivity contribution in [1.29, 1.82) is 0 Å². The van der Waals surface area contributed by atoms with E-state index in [1.54, 1.807) is 18.2 Å². The molecule has 2 aromatic carbocycles. The van der Waals surface area contributed by atoms with Crippen LogP contribution >= 0.6 is 0 Å². The number of hydrogen-bond donors (Lipinski definition) is 2. The van der Waals surface area contributed by atoms with Gasteiger partial charge in [0.2, 0.25) is 5.75 Å². The topological polar surface area (TPSA) is 103 Å². The second kappa shape index (κ2) is 7.13. The highest BCUT2D eigenvalue weighted by Crippen LogP contribution is 2.45. The van der Waals surface area contributed by atoms with Gasteiger partial charge in [-0.15, -0.1) is 0 Å². The van der Waals surface area contributed by atoms with Gasteiger partial charge in [-0.3, -0.25) is 0 Å². The van der Waals surface area contributed by atoms with Gasteiger partial charge >= 0.3 is 0 Å². The van der Waals surface area contributed by atoms with Gasteiger partial charge in [0, 0.05) is 5.56 Å². The van der Waals surface area contributed by atoms with E-state index in [1.165, 1.54) is 13.2 Å². The van der Waals surface area contributed by atoms with Gasteiger partial charge in [0.05, 0.1) is 54.9 Å². The summed E-state index contributed by atoms with van der Waals surface area (Å²) >= 11 is 0. The van der Waals surface area contributed by atoms with Crippen molar-refractivity contribution >= 4 is 11.0 Å². The second-order valence-electron chi connectivity index (χ2n) is 7.83. The molecule has 4 aromatic rings. The maximum atomic E-state index is 15.1. The zero-order valence-electron chi connectivity index (χ0n) is 17.1. The van der Waals surface area contributed by atoms with Crippen molar-refractivity contribution in [3.8, 4) is 40.0 Å². The number of methoxy groups -OCH3 is 1. The van der Waals surface area contributed by atoms with Gasteiger partial charge in [0.15, 0.2) is 29.0 Å². The van der Waals surface area contributed by atoms with Crippen LogP contribution in [0.5, 0.6) is 17.2 Å². The number of ether oxygens (including phenoxy) is 2. The normalized spacial score (nSPS) is 15.0. The van der Waals surface area contributed by atoms with Crippen LogP contribution < -0.4 is 4.74 Å². The average Bonchev–Trinajstić information content (AvgIpc) is 3.15. The van der Waals surface area contributed by atoms with Gasteiger partial charge in [-0.05, 0) is 31.2 Å². The maximum Gasteiger partial charge on any atom is 0.203 e. The zero-order chi connectivity index (χ0) is 22.6. The van der Waals surface area contributed by atoms with Gasteiger partial charge in [-0.2, -0.15) is 0 Å². The molecule has 1 aliphatic rings. The number of phenols is 2. The molecule has 3 heterocycles. The minimum absolute atomic E-state index is 0.0407. The lowest BCUT2D eigenvalue weighted by Gasteiger charge is -2.40. The number of fused-ring (bicyclic) bond motifs is 1. The third-order valence-electron chi connectivity index (χ3n) is 5.54. The standard InChI is InChI=1S/C22H18F2N4O4/c1-22(9-32-10-22)28-15-5-11(20-25-7-12(23)8-26-20)3-4-14(15)27-21(28)13-6-16(31-2)18(29)19(30)17(13)24/h3-8,29-30H,9-10H2,1-2H3. The van der Waals surface area contributed by atoms with E-state index in [-0.39, 0.29) is 17.1 Å². The molecule has 1 aliphatic heterocycles. The predicted octanol–water partition coefficient (Wildman–Crippen LogP) is 3.60. The lowest BCUT2D eigenvalue weighted by molar-refractivity contribution is -0.0868. The summed E-state index contributed by atoms with van der Waals surface area (Å²) in [5.74, 6) is -2.71. The lowest BCUT2D eigenvalue weighted by Crippen LogP contribution is -2.49. The van der Waals surface area contributed by atoms with Gasteiger partial charge in [-0.25, -0.2) is 23.7 Å². The number of halogens is 2. The first kappa shape index (κ1) is 20.1. The molecule has 0 amide bonds. The molecule has 0 aliphatic carbocycles. The number of rotatable bonds is 4. The van der Waals surface area contributed by atoms with E-state index in [0.717, 1.165) is 12.4 Å². The Kier molecular flexibility index (Phi) is 4.48. The average molecular weight is 440 g/mol. The summed E-state index contributed by atoms with van der Waals surface area (Å²) < 4.78 is 40.6. The van der Waals surface area contributed by atoms with Crippen LogP contribution in [0.15, 0.2) is 36.7 Å². The van der Waals surface area contributed by atoms with Crippen LogP contribution in [0.1, 0.15) is 6.92 Å². The molecule has 0 bridgehead atoms. The zero-order valence-corrected chi connectivity index (χ0v) is 17.1. The third-order valence-corrected chi connectivity index (χ3v) is 5.54. The Morgan fingerprint density at radius 1 is 1.09 bits per heavy atom. The van der Waals surface area contributed by atoms with E-state index in [0.29, 0.717) is 35.6 Å². The molecule has 164 valence electrons. The molecule has 2 aromatic heterocycles. The summed E-state index contributed by atoms with van der Waals surface area (Å²) in [5, 5.41) is 20.1. The number of phenolic OH excluding ortho intramolecular Hbond substituents is 2. The molecule has 0 spiro atoms. The molecule has 1 fully saturated rings. The molecule has 0 saturated carbocycles. The molecular weight excluding hydrogens is 422 g/mol. The predicted molar refractivity (Wildman–Crippen MR) is 110 cm³/mol. The van der Waals surface area contributed by atoms with E-state index < -0.39 is 28.7 Å². The summed E-state index contributed by atoms with van der Waals surface area (Å²) in [5.41, 5.74) is 1.26. The molecule has 2 N–H and O–H groups in total. The molecular formula is C22H18F2N4O4. The molecule has 8 nitrogen and oxygen atoms in total. The monoisotopic (exact) mass is 440 g/mol. The largest absolute Gasteiger partial charge is 0.502 e. The molecule has 32 heavy (non-hydrogen) atoms. The van der Waals surface area contributed by atoms with Gasteiger partial charge < -0.3 is 24.3 Å². The number of hydrogen-bond acceptors (Lipinski definition) is 7. The Balaban J connectivity index is 1.78. The first-order valence-electron chi connectivity index (χ1n) is 9.70. The molecule has 5 rings (SSSR count). The van der Waals surface area contributed by atoms with Crippen molar-refractivity contribution in [3.05, 3.63) is 48.3 Å². The summed E-state index contributed by atoms with van der Waals surface area (Å²) in [7, 11) is 1.30. The minimum Gasteiger partial charge on any atom is -0.502 e. The fourth-order valence-corrected chi connectivity index (χ4v) is 3.86. The van der Waals surface area contributed by atoms with Crippen LogP contribution in [0.2, 0.25) is 0 Å². The van der Waals surface area contributed by atoms with Crippen molar-refractivity contribution in [1.82, 2.24) is 19.5 Å². The second-order valence-corrected chi connectivity index (χ2v) is 7.83. The van der Waals surface area contributed by atoms with Gasteiger partial charge in [-0.1, -0.05) is 0 Å². The fourth-order valence-electron chi connectivity index (χ4n) is 3.86. The lowest BCUT2D eigenvalue weighted by atomic mass is 9.98. The summed E-state index contributed by atoms with van der Waals surface area (Å²) in [6, 6.07) is 6.55. The van der Waals surface area contributed by atoms with Gasteiger partial charge in [0.25, 0.3) is 0 Å². The first-order chi connectivity index (χ1) is 15.3. The maximum absolute atomic E-state index is 15.1. The van der Waals surface area contributed by atoms with E-state index in [9.17, 15) is 14.6 Å². The highest BCUT2D eigenvalue weighted by Gasteiger charge is 2.39. The van der Waals surface area contributed by atoms with Crippen molar-refractivity contribution in [2.75, 3.05) is 20.3 Å².